The van der Waals surface area contributed by atoms with Gasteiger partial charge in [0.05, 0.1) is 23.5 Å². The van der Waals surface area contributed by atoms with E-state index in [1.165, 1.54) is 13.2 Å². The average Bonchev–Trinajstić information content (AvgIpc) is 2.41. The second-order valence-electron chi connectivity index (χ2n) is 4.62. The molecule has 0 saturated carbocycles. The van der Waals surface area contributed by atoms with E-state index in [0.717, 1.165) is 10.6 Å². The van der Waals surface area contributed by atoms with Gasteiger partial charge in [0.25, 0.3) is 0 Å². The summed E-state index contributed by atoms with van der Waals surface area (Å²) in [4.78, 5) is 12.0. The predicted molar refractivity (Wildman–Crippen MR) is 88.0 cm³/mol. The Morgan fingerprint density at radius 1 is 1.36 bits per heavy atom. The van der Waals surface area contributed by atoms with E-state index in [1.807, 2.05) is 0 Å². The number of rotatable bonds is 8. The molecular formula is C13H18Cl2N2O4S. The Balaban J connectivity index is 2.72. The van der Waals surface area contributed by atoms with Crippen LogP contribution in [0, 0.1) is 0 Å². The first-order valence-corrected chi connectivity index (χ1v) is 9.03. The summed E-state index contributed by atoms with van der Waals surface area (Å²) in [5.74, 6) is -0.494. The SMILES string of the molecule is COCCCN(CC(=O)Nc1cc(Cl)ccc1Cl)S(C)(=O)=O. The Bertz CT molecular complexity index is 622. The maximum Gasteiger partial charge on any atom is 0.239 e. The van der Waals surface area contributed by atoms with Crippen LogP contribution in [0.5, 0.6) is 0 Å². The van der Waals surface area contributed by atoms with Gasteiger partial charge in [0.15, 0.2) is 0 Å². The number of halogens is 2. The summed E-state index contributed by atoms with van der Waals surface area (Å²) in [5.41, 5.74) is 0.338. The molecule has 0 atom stereocenters. The van der Waals surface area contributed by atoms with Crippen molar-refractivity contribution in [3.8, 4) is 0 Å². The van der Waals surface area contributed by atoms with Gasteiger partial charge in [-0.25, -0.2) is 8.42 Å². The van der Waals surface area contributed by atoms with Gasteiger partial charge in [0, 0.05) is 25.3 Å². The van der Waals surface area contributed by atoms with Crippen LogP contribution in [0.15, 0.2) is 18.2 Å². The number of benzene rings is 1. The molecule has 0 aliphatic carbocycles. The number of carbonyl (C=O) groups excluding carboxylic acids is 1. The molecule has 0 radical (unpaired) electrons. The highest BCUT2D eigenvalue weighted by Crippen LogP contribution is 2.25. The zero-order valence-electron chi connectivity index (χ0n) is 12.3. The van der Waals surface area contributed by atoms with E-state index in [2.05, 4.69) is 5.32 Å². The van der Waals surface area contributed by atoms with Crippen LogP contribution in [-0.4, -0.2) is 51.7 Å². The zero-order chi connectivity index (χ0) is 16.8. The average molecular weight is 369 g/mol. The molecule has 124 valence electrons. The van der Waals surface area contributed by atoms with Gasteiger partial charge >= 0.3 is 0 Å². The van der Waals surface area contributed by atoms with E-state index in [1.54, 1.807) is 12.1 Å². The van der Waals surface area contributed by atoms with Gasteiger partial charge in [-0.15, -0.1) is 0 Å². The fourth-order valence-electron chi connectivity index (χ4n) is 1.69. The van der Waals surface area contributed by atoms with Crippen molar-refractivity contribution in [1.82, 2.24) is 4.31 Å². The maximum absolute atomic E-state index is 12.0. The van der Waals surface area contributed by atoms with Crippen LogP contribution in [-0.2, 0) is 19.6 Å². The molecule has 1 aromatic carbocycles. The monoisotopic (exact) mass is 368 g/mol. The molecule has 1 aromatic rings. The predicted octanol–water partition coefficient (Wildman–Crippen LogP) is 2.23. The normalized spacial score (nSPS) is 11.7. The lowest BCUT2D eigenvalue weighted by Crippen LogP contribution is -2.38. The van der Waals surface area contributed by atoms with Crippen molar-refractivity contribution >= 4 is 44.8 Å². The number of amides is 1. The molecule has 0 aromatic heterocycles. The molecule has 22 heavy (non-hydrogen) atoms. The first kappa shape index (κ1) is 19.2. The van der Waals surface area contributed by atoms with Gasteiger partial charge in [-0.05, 0) is 24.6 Å². The minimum absolute atomic E-state index is 0.198. The van der Waals surface area contributed by atoms with Gasteiger partial charge in [0.2, 0.25) is 15.9 Å². The van der Waals surface area contributed by atoms with Crippen LogP contribution < -0.4 is 5.32 Å². The van der Waals surface area contributed by atoms with Gasteiger partial charge in [-0.3, -0.25) is 4.79 Å². The Labute approximate surface area is 140 Å². The highest BCUT2D eigenvalue weighted by atomic mass is 35.5. The third-order valence-electron chi connectivity index (χ3n) is 2.75. The van der Waals surface area contributed by atoms with Gasteiger partial charge < -0.3 is 10.1 Å². The topological polar surface area (TPSA) is 75.7 Å². The Kier molecular flexibility index (Phi) is 7.58. The molecule has 6 nitrogen and oxygen atoms in total. The molecule has 0 heterocycles. The van der Waals surface area contributed by atoms with Gasteiger partial charge in [-0.2, -0.15) is 4.31 Å². The number of anilines is 1. The second kappa shape index (κ2) is 8.69. The molecule has 0 bridgehead atoms. The minimum atomic E-state index is -3.49. The van der Waals surface area contributed by atoms with Crippen molar-refractivity contribution in [3.05, 3.63) is 28.2 Å². The highest BCUT2D eigenvalue weighted by molar-refractivity contribution is 7.88. The van der Waals surface area contributed by atoms with Crippen molar-refractivity contribution in [2.45, 2.75) is 6.42 Å². The number of hydrogen-bond acceptors (Lipinski definition) is 4. The first-order chi connectivity index (χ1) is 10.2. The number of carbonyl (C=O) groups is 1. The number of sulfonamides is 1. The Hall–Kier alpha value is -0.860. The molecule has 0 fully saturated rings. The lowest BCUT2D eigenvalue weighted by molar-refractivity contribution is -0.116. The molecule has 9 heteroatoms. The summed E-state index contributed by atoms with van der Waals surface area (Å²) in [6, 6.07) is 4.64. The smallest absolute Gasteiger partial charge is 0.239 e. The quantitative estimate of drug-likeness (QED) is 0.713. The van der Waals surface area contributed by atoms with Crippen molar-refractivity contribution in [1.29, 1.82) is 0 Å². The zero-order valence-corrected chi connectivity index (χ0v) is 14.6. The summed E-state index contributed by atoms with van der Waals surface area (Å²) < 4.78 is 29.3. The van der Waals surface area contributed by atoms with Crippen LogP contribution in [0.25, 0.3) is 0 Å². The van der Waals surface area contributed by atoms with Gasteiger partial charge in [0.1, 0.15) is 0 Å². The maximum atomic E-state index is 12.0. The molecule has 0 aliphatic rings. The summed E-state index contributed by atoms with van der Waals surface area (Å²) in [6.07, 6.45) is 1.55. The summed E-state index contributed by atoms with van der Waals surface area (Å²) >= 11 is 11.8. The van der Waals surface area contributed by atoms with E-state index in [-0.39, 0.29) is 13.1 Å². The highest BCUT2D eigenvalue weighted by Gasteiger charge is 2.20. The number of methoxy groups -OCH3 is 1. The number of nitrogens with zero attached hydrogens (tertiary/aromatic N) is 1. The third kappa shape index (κ3) is 6.50. The van der Waals surface area contributed by atoms with Crippen LogP contribution in [0.3, 0.4) is 0 Å². The molecule has 1 rings (SSSR count). The summed E-state index contributed by atoms with van der Waals surface area (Å²) in [5, 5.41) is 3.29. The fourth-order valence-corrected chi connectivity index (χ4v) is 2.84. The molecular weight excluding hydrogens is 351 g/mol. The largest absolute Gasteiger partial charge is 0.385 e. The van der Waals surface area contributed by atoms with Crippen molar-refractivity contribution in [2.24, 2.45) is 0 Å². The molecule has 0 aliphatic heterocycles. The number of nitrogens with one attached hydrogen (secondary N) is 1. The lowest BCUT2D eigenvalue weighted by atomic mass is 10.3. The minimum Gasteiger partial charge on any atom is -0.385 e. The standard InChI is InChI=1S/C13H18Cl2N2O4S/c1-21-7-3-6-17(22(2,19)20)9-13(18)16-12-8-10(14)4-5-11(12)15/h4-5,8H,3,6-7,9H2,1-2H3,(H,16,18). The van der Waals surface area contributed by atoms with Crippen molar-refractivity contribution in [3.63, 3.8) is 0 Å². The van der Waals surface area contributed by atoms with E-state index < -0.39 is 15.9 Å². The number of ether oxygens (including phenoxy) is 1. The van der Waals surface area contributed by atoms with Crippen LogP contribution in [0.4, 0.5) is 5.69 Å². The molecule has 0 spiro atoms. The lowest BCUT2D eigenvalue weighted by Gasteiger charge is -2.19. The van der Waals surface area contributed by atoms with E-state index in [4.69, 9.17) is 27.9 Å². The molecule has 0 unspecified atom stereocenters. The van der Waals surface area contributed by atoms with Crippen molar-refractivity contribution < 1.29 is 17.9 Å². The Morgan fingerprint density at radius 3 is 2.64 bits per heavy atom. The molecule has 0 saturated heterocycles. The summed E-state index contributed by atoms with van der Waals surface area (Å²) in [7, 11) is -1.97. The second-order valence-corrected chi connectivity index (χ2v) is 7.44. The number of hydrogen-bond donors (Lipinski definition) is 1. The van der Waals surface area contributed by atoms with E-state index in [0.29, 0.717) is 28.8 Å². The summed E-state index contributed by atoms with van der Waals surface area (Å²) in [6.45, 7) is 0.308. The molecule has 1 N–H and O–H groups in total. The first-order valence-electron chi connectivity index (χ1n) is 6.43. The molecule has 1 amide bonds. The van der Waals surface area contributed by atoms with Crippen molar-refractivity contribution in [2.75, 3.05) is 38.4 Å². The van der Waals surface area contributed by atoms with Gasteiger partial charge in [-0.1, -0.05) is 23.2 Å². The van der Waals surface area contributed by atoms with Crippen LogP contribution >= 0.6 is 23.2 Å². The van der Waals surface area contributed by atoms with E-state index in [9.17, 15) is 13.2 Å². The van der Waals surface area contributed by atoms with E-state index >= 15 is 0 Å². The fraction of sp³-hybridized carbons (Fsp3) is 0.462. The van der Waals surface area contributed by atoms with Crippen LogP contribution in [0.1, 0.15) is 6.42 Å². The third-order valence-corrected chi connectivity index (χ3v) is 4.56. The Morgan fingerprint density at radius 2 is 2.05 bits per heavy atom. The van der Waals surface area contributed by atoms with Crippen LogP contribution in [0.2, 0.25) is 10.0 Å².